The molecule has 2 rings (SSSR count). The first-order chi connectivity index (χ1) is 8.97. The van der Waals surface area contributed by atoms with Gasteiger partial charge in [-0.3, -0.25) is 14.2 Å². The highest BCUT2D eigenvalue weighted by molar-refractivity contribution is 6.30. The van der Waals surface area contributed by atoms with Gasteiger partial charge in [0, 0.05) is 13.2 Å². The van der Waals surface area contributed by atoms with Crippen molar-refractivity contribution in [2.75, 3.05) is 5.32 Å². The van der Waals surface area contributed by atoms with Crippen molar-refractivity contribution >= 4 is 29.2 Å². The van der Waals surface area contributed by atoms with Crippen molar-refractivity contribution in [3.8, 4) is 0 Å². The van der Waals surface area contributed by atoms with Crippen LogP contribution in [0.25, 0.3) is 0 Å². The topological polar surface area (TPSA) is 102 Å². The molecule has 0 saturated heterocycles. The lowest BCUT2D eigenvalue weighted by Gasteiger charge is -2.04. The van der Waals surface area contributed by atoms with E-state index in [1.807, 2.05) is 0 Å². The predicted octanol–water partition coefficient (Wildman–Crippen LogP) is 0.607. The molecule has 0 aliphatic rings. The first-order valence-corrected chi connectivity index (χ1v) is 5.58. The molecule has 8 nitrogen and oxygen atoms in total. The Bertz CT molecular complexity index is 633. The molecule has 1 amide bonds. The normalized spacial score (nSPS) is 10.4. The number of aromatic carboxylic acids is 1. The summed E-state index contributed by atoms with van der Waals surface area (Å²) in [5, 5.41) is 19.5. The molecule has 2 heterocycles. The van der Waals surface area contributed by atoms with Gasteiger partial charge in [0.25, 0.3) is 0 Å². The minimum atomic E-state index is -1.17. The van der Waals surface area contributed by atoms with E-state index in [2.05, 4.69) is 15.5 Å². The molecule has 0 saturated carbocycles. The number of carbonyl (C=O) groups excluding carboxylic acids is 1. The van der Waals surface area contributed by atoms with Gasteiger partial charge in [0.2, 0.25) is 5.91 Å². The number of carboxylic acid groups (broad SMARTS) is 1. The van der Waals surface area contributed by atoms with Crippen LogP contribution >= 0.6 is 11.6 Å². The Morgan fingerprint density at radius 3 is 2.74 bits per heavy atom. The predicted molar refractivity (Wildman–Crippen MR) is 66.0 cm³/mol. The molecule has 2 aromatic rings. The molecule has 0 aliphatic heterocycles. The molecule has 0 fully saturated rings. The van der Waals surface area contributed by atoms with Crippen molar-refractivity contribution in [3.63, 3.8) is 0 Å². The van der Waals surface area contributed by atoms with Crippen LogP contribution < -0.4 is 5.32 Å². The average molecular weight is 284 g/mol. The highest BCUT2D eigenvalue weighted by Gasteiger charge is 2.17. The minimum absolute atomic E-state index is 0.0688. The fraction of sp³-hybridized carbons (Fsp3) is 0.200. The Kier molecular flexibility index (Phi) is 3.52. The third kappa shape index (κ3) is 2.91. The van der Waals surface area contributed by atoms with E-state index < -0.39 is 11.9 Å². The zero-order valence-electron chi connectivity index (χ0n) is 9.87. The third-order valence-corrected chi connectivity index (χ3v) is 2.52. The number of nitrogens with zero attached hydrogens (tertiary/aromatic N) is 4. The summed E-state index contributed by atoms with van der Waals surface area (Å²) in [5.74, 6) is -1.59. The van der Waals surface area contributed by atoms with Gasteiger partial charge in [-0.25, -0.2) is 4.79 Å². The maximum atomic E-state index is 11.7. The lowest BCUT2D eigenvalue weighted by Crippen LogP contribution is -2.20. The van der Waals surface area contributed by atoms with Crippen molar-refractivity contribution in [2.24, 2.45) is 7.05 Å². The Balaban J connectivity index is 2.09. The number of rotatable bonds is 4. The van der Waals surface area contributed by atoms with Crippen LogP contribution in [0.3, 0.4) is 0 Å². The minimum Gasteiger partial charge on any atom is -0.476 e. The van der Waals surface area contributed by atoms with Gasteiger partial charge in [-0.05, 0) is 0 Å². The molecule has 0 radical (unpaired) electrons. The molecule has 0 bridgehead atoms. The molecule has 100 valence electrons. The van der Waals surface area contributed by atoms with E-state index in [1.165, 1.54) is 35.0 Å². The number of anilines is 1. The number of halogens is 1. The number of carbonyl (C=O) groups is 2. The number of nitrogens with one attached hydrogen (secondary N) is 1. The van der Waals surface area contributed by atoms with E-state index in [0.29, 0.717) is 5.02 Å². The molecule has 0 aliphatic carbocycles. The van der Waals surface area contributed by atoms with E-state index in [4.69, 9.17) is 16.7 Å². The molecule has 2 aromatic heterocycles. The zero-order valence-corrected chi connectivity index (χ0v) is 10.6. The standard InChI is InChI=1S/C10H10ClN5O3/c1-15-9(10(18)19)7(3-12-15)14-8(17)5-16-4-6(11)2-13-16/h2-4H,5H2,1H3,(H,14,17)(H,18,19). The van der Waals surface area contributed by atoms with E-state index >= 15 is 0 Å². The van der Waals surface area contributed by atoms with E-state index in [-0.39, 0.29) is 17.9 Å². The summed E-state index contributed by atoms with van der Waals surface area (Å²) in [4.78, 5) is 22.7. The number of amides is 1. The average Bonchev–Trinajstić information content (AvgIpc) is 2.85. The Labute approximate surface area is 112 Å². The molecule has 0 unspecified atom stereocenters. The van der Waals surface area contributed by atoms with Crippen LogP contribution in [0.1, 0.15) is 10.5 Å². The van der Waals surface area contributed by atoms with Crippen LogP contribution in [0.2, 0.25) is 5.02 Å². The fourth-order valence-corrected chi connectivity index (χ4v) is 1.70. The Hall–Kier alpha value is -2.35. The summed E-state index contributed by atoms with van der Waals surface area (Å²) in [6.45, 7) is -0.0688. The lowest BCUT2D eigenvalue weighted by molar-refractivity contribution is -0.116. The van der Waals surface area contributed by atoms with Gasteiger partial charge in [-0.1, -0.05) is 11.6 Å². The maximum absolute atomic E-state index is 11.7. The van der Waals surface area contributed by atoms with Crippen molar-refractivity contribution in [2.45, 2.75) is 6.54 Å². The van der Waals surface area contributed by atoms with E-state index in [1.54, 1.807) is 0 Å². The molecule has 19 heavy (non-hydrogen) atoms. The maximum Gasteiger partial charge on any atom is 0.356 e. The monoisotopic (exact) mass is 283 g/mol. The molecular weight excluding hydrogens is 274 g/mol. The fourth-order valence-electron chi connectivity index (χ4n) is 1.54. The first kappa shape index (κ1) is 13.1. The van der Waals surface area contributed by atoms with Gasteiger partial charge < -0.3 is 10.4 Å². The highest BCUT2D eigenvalue weighted by Crippen LogP contribution is 2.14. The van der Waals surface area contributed by atoms with E-state index in [9.17, 15) is 9.59 Å². The van der Waals surface area contributed by atoms with Gasteiger partial charge in [-0.15, -0.1) is 0 Å². The van der Waals surface area contributed by atoms with Gasteiger partial charge in [-0.2, -0.15) is 10.2 Å². The third-order valence-electron chi connectivity index (χ3n) is 2.32. The molecule has 2 N–H and O–H groups in total. The lowest BCUT2D eigenvalue weighted by atomic mass is 10.3. The second-order valence-electron chi connectivity index (χ2n) is 3.74. The van der Waals surface area contributed by atoms with Crippen molar-refractivity contribution in [1.29, 1.82) is 0 Å². The van der Waals surface area contributed by atoms with Gasteiger partial charge >= 0.3 is 5.97 Å². The molecule has 0 atom stereocenters. The van der Waals surface area contributed by atoms with Crippen LogP contribution in [-0.4, -0.2) is 36.5 Å². The number of hydrogen-bond acceptors (Lipinski definition) is 4. The van der Waals surface area contributed by atoms with Gasteiger partial charge in [0.1, 0.15) is 6.54 Å². The second kappa shape index (κ2) is 5.11. The van der Waals surface area contributed by atoms with Crippen LogP contribution in [0.15, 0.2) is 18.6 Å². The van der Waals surface area contributed by atoms with Crippen LogP contribution in [-0.2, 0) is 18.4 Å². The number of carboxylic acids is 1. The van der Waals surface area contributed by atoms with Gasteiger partial charge in [0.05, 0.1) is 23.1 Å². The first-order valence-electron chi connectivity index (χ1n) is 5.20. The molecular formula is C10H10ClN5O3. The van der Waals surface area contributed by atoms with Crippen molar-refractivity contribution in [3.05, 3.63) is 29.3 Å². The van der Waals surface area contributed by atoms with Crippen LogP contribution in [0, 0.1) is 0 Å². The summed E-state index contributed by atoms with van der Waals surface area (Å²) in [6.07, 6.45) is 4.17. The van der Waals surface area contributed by atoms with Crippen molar-refractivity contribution < 1.29 is 14.7 Å². The van der Waals surface area contributed by atoms with Crippen LogP contribution in [0.4, 0.5) is 5.69 Å². The molecule has 0 aromatic carbocycles. The highest BCUT2D eigenvalue weighted by atomic mass is 35.5. The summed E-state index contributed by atoms with van der Waals surface area (Å²) >= 11 is 5.67. The van der Waals surface area contributed by atoms with Gasteiger partial charge in [0.15, 0.2) is 5.69 Å². The zero-order chi connectivity index (χ0) is 14.0. The van der Waals surface area contributed by atoms with E-state index in [0.717, 1.165) is 0 Å². The number of aryl methyl sites for hydroxylation is 1. The Morgan fingerprint density at radius 2 is 2.16 bits per heavy atom. The summed E-state index contributed by atoms with van der Waals surface area (Å²) in [5.41, 5.74) is 0.0464. The Morgan fingerprint density at radius 1 is 1.42 bits per heavy atom. The number of hydrogen-bond donors (Lipinski definition) is 2. The number of aromatic nitrogens is 4. The summed E-state index contributed by atoms with van der Waals surface area (Å²) in [7, 11) is 1.48. The largest absolute Gasteiger partial charge is 0.476 e. The quantitative estimate of drug-likeness (QED) is 0.856. The summed E-state index contributed by atoms with van der Waals surface area (Å²) < 4.78 is 2.51. The van der Waals surface area contributed by atoms with Crippen LogP contribution in [0.5, 0.6) is 0 Å². The molecule has 0 spiro atoms. The second-order valence-corrected chi connectivity index (χ2v) is 4.18. The SMILES string of the molecule is Cn1ncc(NC(=O)Cn2cc(Cl)cn2)c1C(=O)O. The van der Waals surface area contributed by atoms with Crippen molar-refractivity contribution in [1.82, 2.24) is 19.6 Å². The summed E-state index contributed by atoms with van der Waals surface area (Å²) in [6, 6.07) is 0. The smallest absolute Gasteiger partial charge is 0.356 e. The molecule has 9 heteroatoms.